The van der Waals surface area contributed by atoms with Gasteiger partial charge in [-0.25, -0.2) is 0 Å². The molecule has 1 rings (SSSR count). The van der Waals surface area contributed by atoms with Crippen molar-refractivity contribution in [2.45, 2.75) is 32.4 Å². The van der Waals surface area contributed by atoms with E-state index in [0.29, 0.717) is 13.2 Å². The molecule has 1 unspecified atom stereocenters. The van der Waals surface area contributed by atoms with Crippen LogP contribution in [0.3, 0.4) is 0 Å². The van der Waals surface area contributed by atoms with Gasteiger partial charge < -0.3 is 14.9 Å². The first-order chi connectivity index (χ1) is 6.14. The van der Waals surface area contributed by atoms with Crippen molar-refractivity contribution in [1.82, 2.24) is 0 Å². The summed E-state index contributed by atoms with van der Waals surface area (Å²) >= 11 is 0. The zero-order valence-electron chi connectivity index (χ0n) is 8.25. The average Bonchev–Trinajstić information content (AvgIpc) is 2.57. The molecule has 1 atom stereocenters. The molecule has 2 N–H and O–H groups in total. The number of rotatable bonds is 5. The van der Waals surface area contributed by atoms with Gasteiger partial charge in [-0.2, -0.15) is 0 Å². The summed E-state index contributed by atoms with van der Waals surface area (Å²) in [6, 6.07) is 1.89. The van der Waals surface area contributed by atoms with Crippen LogP contribution in [0.2, 0.25) is 0 Å². The fraction of sp³-hybridized carbons (Fsp3) is 0.600. The summed E-state index contributed by atoms with van der Waals surface area (Å²) in [5.41, 5.74) is 6.74. The van der Waals surface area contributed by atoms with Crippen LogP contribution in [0.15, 0.2) is 23.0 Å². The lowest BCUT2D eigenvalue weighted by atomic mass is 10.0. The third-order valence-corrected chi connectivity index (χ3v) is 2.09. The first-order valence-electron chi connectivity index (χ1n) is 4.52. The Hall–Kier alpha value is -0.800. The molecule has 3 nitrogen and oxygen atoms in total. The molecule has 1 aromatic rings. The molecule has 0 aliphatic carbocycles. The summed E-state index contributed by atoms with van der Waals surface area (Å²) in [7, 11) is 0. The number of nitrogens with two attached hydrogens (primary N) is 1. The van der Waals surface area contributed by atoms with Gasteiger partial charge in [0.2, 0.25) is 0 Å². The van der Waals surface area contributed by atoms with Gasteiger partial charge in [-0.1, -0.05) is 6.92 Å². The lowest BCUT2D eigenvalue weighted by molar-refractivity contribution is 0.0774. The minimum atomic E-state index is -0.219. The molecule has 0 saturated heterocycles. The van der Waals surface area contributed by atoms with Crippen LogP contribution in [0.4, 0.5) is 0 Å². The van der Waals surface area contributed by atoms with Gasteiger partial charge in [-0.05, 0) is 19.4 Å². The minimum absolute atomic E-state index is 0.219. The summed E-state index contributed by atoms with van der Waals surface area (Å²) in [5, 5.41) is 0. The first-order valence-corrected chi connectivity index (χ1v) is 4.52. The van der Waals surface area contributed by atoms with E-state index in [1.54, 1.807) is 12.5 Å². The quantitative estimate of drug-likeness (QED) is 0.758. The van der Waals surface area contributed by atoms with Gasteiger partial charge in [-0.3, -0.25) is 0 Å². The van der Waals surface area contributed by atoms with Crippen LogP contribution in [-0.2, 0) is 11.3 Å². The van der Waals surface area contributed by atoms with Crippen LogP contribution in [0.25, 0.3) is 0 Å². The molecule has 0 aliphatic rings. The molecule has 13 heavy (non-hydrogen) atoms. The van der Waals surface area contributed by atoms with E-state index < -0.39 is 0 Å². The van der Waals surface area contributed by atoms with E-state index in [2.05, 4.69) is 6.92 Å². The highest BCUT2D eigenvalue weighted by atomic mass is 16.5. The molecule has 0 fully saturated rings. The zero-order chi connectivity index (χ0) is 9.73. The van der Waals surface area contributed by atoms with E-state index in [1.807, 2.05) is 13.0 Å². The van der Waals surface area contributed by atoms with Gasteiger partial charge in [0.25, 0.3) is 0 Å². The summed E-state index contributed by atoms with van der Waals surface area (Å²) in [4.78, 5) is 0. The second-order valence-electron chi connectivity index (χ2n) is 3.63. The summed E-state index contributed by atoms with van der Waals surface area (Å²) in [6.45, 7) is 5.20. The largest absolute Gasteiger partial charge is 0.472 e. The van der Waals surface area contributed by atoms with Crippen LogP contribution in [0.1, 0.15) is 25.8 Å². The molecule has 1 heterocycles. The number of ether oxygens (including phenoxy) is 1. The fourth-order valence-electron chi connectivity index (χ4n) is 0.879. The highest BCUT2D eigenvalue weighted by Crippen LogP contribution is 2.08. The molecule has 1 aromatic heterocycles. The van der Waals surface area contributed by atoms with Crippen LogP contribution in [0.5, 0.6) is 0 Å². The number of hydrogen-bond acceptors (Lipinski definition) is 3. The molecule has 74 valence electrons. The Kier molecular flexibility index (Phi) is 3.51. The van der Waals surface area contributed by atoms with Crippen LogP contribution < -0.4 is 5.73 Å². The number of hydrogen-bond donors (Lipinski definition) is 1. The molecule has 0 radical (unpaired) electrons. The Balaban J connectivity index is 2.21. The van der Waals surface area contributed by atoms with Crippen molar-refractivity contribution in [2.75, 3.05) is 6.61 Å². The lowest BCUT2D eigenvalue weighted by Gasteiger charge is -2.21. The van der Waals surface area contributed by atoms with Crippen molar-refractivity contribution in [1.29, 1.82) is 0 Å². The predicted molar refractivity (Wildman–Crippen MR) is 51.2 cm³/mol. The van der Waals surface area contributed by atoms with E-state index in [1.165, 1.54) is 0 Å². The second-order valence-corrected chi connectivity index (χ2v) is 3.63. The van der Waals surface area contributed by atoms with Crippen molar-refractivity contribution < 1.29 is 9.15 Å². The Morgan fingerprint density at radius 2 is 2.38 bits per heavy atom. The number of furan rings is 1. The van der Waals surface area contributed by atoms with Crippen LogP contribution >= 0.6 is 0 Å². The SMILES string of the molecule is CCC(C)(N)COCc1ccoc1. The third-order valence-electron chi connectivity index (χ3n) is 2.09. The normalized spacial score (nSPS) is 15.6. The molecule has 0 amide bonds. The zero-order valence-corrected chi connectivity index (χ0v) is 8.25. The summed E-state index contributed by atoms with van der Waals surface area (Å²) < 4.78 is 10.4. The first kappa shape index (κ1) is 10.3. The van der Waals surface area contributed by atoms with Gasteiger partial charge in [0.05, 0.1) is 25.7 Å². The smallest absolute Gasteiger partial charge is 0.0957 e. The highest BCUT2D eigenvalue weighted by Gasteiger charge is 2.15. The molecule has 0 bridgehead atoms. The third kappa shape index (κ3) is 3.61. The Bertz CT molecular complexity index is 229. The molecule has 0 aromatic carbocycles. The van der Waals surface area contributed by atoms with Gasteiger partial charge in [0.15, 0.2) is 0 Å². The Labute approximate surface area is 78.9 Å². The molecular weight excluding hydrogens is 166 g/mol. The molecule has 0 spiro atoms. The van der Waals surface area contributed by atoms with Crippen LogP contribution in [0, 0.1) is 0 Å². The van der Waals surface area contributed by atoms with E-state index in [-0.39, 0.29) is 5.54 Å². The minimum Gasteiger partial charge on any atom is -0.472 e. The standard InChI is InChI=1S/C10H17NO2/c1-3-10(2,11)8-13-7-9-4-5-12-6-9/h4-6H,3,7-8,11H2,1-2H3. The highest BCUT2D eigenvalue weighted by molar-refractivity contribution is 5.03. The van der Waals surface area contributed by atoms with Crippen molar-refractivity contribution >= 4 is 0 Å². The van der Waals surface area contributed by atoms with Gasteiger partial charge in [-0.15, -0.1) is 0 Å². The molecule has 0 saturated carbocycles. The van der Waals surface area contributed by atoms with E-state index >= 15 is 0 Å². The second kappa shape index (κ2) is 4.44. The maximum atomic E-state index is 5.91. The Morgan fingerprint density at radius 1 is 1.62 bits per heavy atom. The van der Waals surface area contributed by atoms with Gasteiger partial charge in [0, 0.05) is 11.1 Å². The average molecular weight is 183 g/mol. The van der Waals surface area contributed by atoms with E-state index in [4.69, 9.17) is 14.9 Å². The summed E-state index contributed by atoms with van der Waals surface area (Å²) in [5.74, 6) is 0. The summed E-state index contributed by atoms with van der Waals surface area (Å²) in [6.07, 6.45) is 4.23. The van der Waals surface area contributed by atoms with E-state index in [9.17, 15) is 0 Å². The fourth-order valence-corrected chi connectivity index (χ4v) is 0.879. The Morgan fingerprint density at radius 3 is 2.92 bits per heavy atom. The maximum absolute atomic E-state index is 5.91. The molecule has 0 aliphatic heterocycles. The molecule has 3 heteroatoms. The lowest BCUT2D eigenvalue weighted by Crippen LogP contribution is -2.40. The van der Waals surface area contributed by atoms with Crippen molar-refractivity contribution in [3.05, 3.63) is 24.2 Å². The van der Waals surface area contributed by atoms with Crippen molar-refractivity contribution in [3.8, 4) is 0 Å². The van der Waals surface area contributed by atoms with E-state index in [0.717, 1.165) is 12.0 Å². The van der Waals surface area contributed by atoms with Gasteiger partial charge in [0.1, 0.15) is 0 Å². The van der Waals surface area contributed by atoms with Crippen molar-refractivity contribution in [2.24, 2.45) is 5.73 Å². The maximum Gasteiger partial charge on any atom is 0.0957 e. The predicted octanol–water partition coefficient (Wildman–Crippen LogP) is 1.92. The van der Waals surface area contributed by atoms with Gasteiger partial charge >= 0.3 is 0 Å². The topological polar surface area (TPSA) is 48.4 Å². The monoisotopic (exact) mass is 183 g/mol. The van der Waals surface area contributed by atoms with Crippen molar-refractivity contribution in [3.63, 3.8) is 0 Å². The molecular formula is C10H17NO2. The van der Waals surface area contributed by atoms with Crippen LogP contribution in [-0.4, -0.2) is 12.1 Å².